The van der Waals surface area contributed by atoms with Gasteiger partial charge < -0.3 is 4.74 Å². The predicted octanol–water partition coefficient (Wildman–Crippen LogP) is 4.89. The van der Waals surface area contributed by atoms with Crippen molar-refractivity contribution in [3.8, 4) is 5.75 Å². The molecule has 0 aromatic heterocycles. The molecule has 1 unspecified atom stereocenters. The van der Waals surface area contributed by atoms with E-state index < -0.39 is 6.10 Å². The number of ether oxygens (including phenoxy) is 1. The fraction of sp³-hybridized carbons (Fsp3) is 0.133. The van der Waals surface area contributed by atoms with E-state index in [1.807, 2.05) is 0 Å². The number of carbonyl (C=O) groups is 1. The van der Waals surface area contributed by atoms with E-state index in [9.17, 15) is 9.18 Å². The average molecular weight is 358 g/mol. The molecular weight excluding hydrogens is 347 g/mol. The van der Waals surface area contributed by atoms with Crippen molar-refractivity contribution in [2.24, 2.45) is 0 Å². The lowest BCUT2D eigenvalue weighted by Gasteiger charge is -2.15. The van der Waals surface area contributed by atoms with Crippen molar-refractivity contribution in [2.45, 2.75) is 13.0 Å². The molecule has 5 heteroatoms. The van der Waals surface area contributed by atoms with Crippen LogP contribution < -0.4 is 4.74 Å². The van der Waals surface area contributed by atoms with Crippen LogP contribution >= 0.6 is 27.5 Å². The SMILES string of the molecule is CC(Oc1ccc(F)cc1Br)C(=O)c1ccc(Cl)cc1. The molecule has 0 aliphatic carbocycles. The van der Waals surface area contributed by atoms with E-state index in [-0.39, 0.29) is 11.6 Å². The first-order valence-electron chi connectivity index (χ1n) is 5.89. The van der Waals surface area contributed by atoms with Crippen LogP contribution in [-0.2, 0) is 0 Å². The summed E-state index contributed by atoms with van der Waals surface area (Å²) < 4.78 is 19.0. The Hall–Kier alpha value is -1.39. The molecule has 0 aliphatic heterocycles. The van der Waals surface area contributed by atoms with Crippen LogP contribution in [0.5, 0.6) is 5.75 Å². The molecule has 0 saturated heterocycles. The second-order valence-electron chi connectivity index (χ2n) is 4.21. The maximum atomic E-state index is 13.0. The first kappa shape index (κ1) is 15.0. The zero-order valence-corrected chi connectivity index (χ0v) is 12.9. The van der Waals surface area contributed by atoms with Gasteiger partial charge in [-0.15, -0.1) is 0 Å². The van der Waals surface area contributed by atoms with Crippen molar-refractivity contribution in [2.75, 3.05) is 0 Å². The number of hydrogen-bond acceptors (Lipinski definition) is 2. The molecule has 0 fully saturated rings. The number of ketones is 1. The Balaban J connectivity index is 2.13. The topological polar surface area (TPSA) is 26.3 Å². The van der Waals surface area contributed by atoms with Crippen LogP contribution in [0.15, 0.2) is 46.9 Å². The Kier molecular flexibility index (Phi) is 4.78. The number of Topliss-reactive ketones (excluding diaryl/α,β-unsaturated/α-hetero) is 1. The summed E-state index contributed by atoms with van der Waals surface area (Å²) in [6, 6.07) is 10.6. The zero-order valence-electron chi connectivity index (χ0n) is 10.6. The lowest BCUT2D eigenvalue weighted by atomic mass is 10.1. The minimum atomic E-state index is -0.682. The van der Waals surface area contributed by atoms with Crippen LogP contribution in [0.4, 0.5) is 4.39 Å². The highest BCUT2D eigenvalue weighted by molar-refractivity contribution is 9.10. The normalized spacial score (nSPS) is 12.0. The molecule has 104 valence electrons. The second-order valence-corrected chi connectivity index (χ2v) is 5.50. The van der Waals surface area contributed by atoms with Crippen molar-refractivity contribution in [1.82, 2.24) is 0 Å². The summed E-state index contributed by atoms with van der Waals surface area (Å²) in [7, 11) is 0. The summed E-state index contributed by atoms with van der Waals surface area (Å²) in [5.74, 6) is -0.125. The maximum Gasteiger partial charge on any atom is 0.202 e. The highest BCUT2D eigenvalue weighted by Gasteiger charge is 2.18. The van der Waals surface area contributed by atoms with E-state index in [1.54, 1.807) is 31.2 Å². The number of benzene rings is 2. The van der Waals surface area contributed by atoms with Gasteiger partial charge in [0.1, 0.15) is 11.6 Å². The number of halogens is 3. The van der Waals surface area contributed by atoms with Gasteiger partial charge in [0.25, 0.3) is 0 Å². The van der Waals surface area contributed by atoms with Crippen molar-refractivity contribution in [3.05, 3.63) is 63.3 Å². The number of rotatable bonds is 4. The molecule has 2 aromatic rings. The molecule has 0 saturated carbocycles. The van der Waals surface area contributed by atoms with E-state index in [4.69, 9.17) is 16.3 Å². The second kappa shape index (κ2) is 6.37. The molecule has 20 heavy (non-hydrogen) atoms. The molecule has 1 atom stereocenters. The molecule has 0 N–H and O–H groups in total. The summed E-state index contributed by atoms with van der Waals surface area (Å²) in [4.78, 5) is 12.2. The molecule has 0 bridgehead atoms. The molecule has 0 spiro atoms. The number of carbonyl (C=O) groups excluding carboxylic acids is 1. The summed E-state index contributed by atoms with van der Waals surface area (Å²) in [6.45, 7) is 1.65. The van der Waals surface area contributed by atoms with Crippen molar-refractivity contribution in [3.63, 3.8) is 0 Å². The molecule has 0 radical (unpaired) electrons. The van der Waals surface area contributed by atoms with Crippen molar-refractivity contribution >= 4 is 33.3 Å². The van der Waals surface area contributed by atoms with E-state index in [0.29, 0.717) is 20.8 Å². The summed E-state index contributed by atoms with van der Waals surface area (Å²) >= 11 is 8.97. The van der Waals surface area contributed by atoms with Crippen molar-refractivity contribution in [1.29, 1.82) is 0 Å². The van der Waals surface area contributed by atoms with E-state index in [2.05, 4.69) is 15.9 Å². The molecule has 0 aliphatic rings. The van der Waals surface area contributed by atoms with E-state index >= 15 is 0 Å². The summed E-state index contributed by atoms with van der Waals surface area (Å²) in [5, 5.41) is 0.566. The van der Waals surface area contributed by atoms with Gasteiger partial charge in [-0.2, -0.15) is 0 Å². The third-order valence-corrected chi connectivity index (χ3v) is 3.57. The fourth-order valence-corrected chi connectivity index (χ4v) is 2.23. The molecule has 2 aromatic carbocycles. The van der Waals surface area contributed by atoms with E-state index in [1.165, 1.54) is 18.2 Å². The lowest BCUT2D eigenvalue weighted by Crippen LogP contribution is -2.24. The molecule has 0 heterocycles. The third-order valence-electron chi connectivity index (χ3n) is 2.70. The third kappa shape index (κ3) is 3.58. The van der Waals surface area contributed by atoms with Gasteiger partial charge in [0.15, 0.2) is 6.10 Å². The lowest BCUT2D eigenvalue weighted by molar-refractivity contribution is 0.0817. The summed E-state index contributed by atoms with van der Waals surface area (Å²) in [6.07, 6.45) is -0.682. The Morgan fingerprint density at radius 3 is 2.50 bits per heavy atom. The van der Waals surface area contributed by atoms with Crippen LogP contribution in [0.2, 0.25) is 5.02 Å². The Morgan fingerprint density at radius 1 is 1.25 bits per heavy atom. The summed E-state index contributed by atoms with van der Waals surface area (Å²) in [5.41, 5.74) is 0.514. The number of hydrogen-bond donors (Lipinski definition) is 0. The smallest absolute Gasteiger partial charge is 0.202 e. The van der Waals surface area contributed by atoms with Gasteiger partial charge >= 0.3 is 0 Å². The van der Waals surface area contributed by atoms with Crippen LogP contribution in [0, 0.1) is 5.82 Å². The van der Waals surface area contributed by atoms with Crippen molar-refractivity contribution < 1.29 is 13.9 Å². The fourth-order valence-electron chi connectivity index (χ4n) is 1.66. The zero-order chi connectivity index (χ0) is 14.7. The average Bonchev–Trinajstić information content (AvgIpc) is 2.42. The van der Waals surface area contributed by atoms with Gasteiger partial charge in [0.2, 0.25) is 5.78 Å². The van der Waals surface area contributed by atoms with Gasteiger partial charge in [-0.25, -0.2) is 4.39 Å². The van der Waals surface area contributed by atoms with Crippen LogP contribution in [-0.4, -0.2) is 11.9 Å². The van der Waals surface area contributed by atoms with Gasteiger partial charge in [-0.3, -0.25) is 4.79 Å². The van der Waals surface area contributed by atoms with Gasteiger partial charge in [0, 0.05) is 10.6 Å². The minimum absolute atomic E-state index is 0.169. The Bertz CT molecular complexity index is 628. The van der Waals surface area contributed by atoms with Gasteiger partial charge in [-0.1, -0.05) is 11.6 Å². The van der Waals surface area contributed by atoms with Crippen LogP contribution in [0.1, 0.15) is 17.3 Å². The van der Waals surface area contributed by atoms with Gasteiger partial charge in [-0.05, 0) is 65.3 Å². The Labute approximate surface area is 129 Å². The first-order chi connectivity index (χ1) is 9.47. The molecular formula is C15H11BrClFO2. The molecule has 2 rings (SSSR count). The monoisotopic (exact) mass is 356 g/mol. The molecule has 2 nitrogen and oxygen atoms in total. The minimum Gasteiger partial charge on any atom is -0.481 e. The van der Waals surface area contributed by atoms with E-state index in [0.717, 1.165) is 0 Å². The first-order valence-corrected chi connectivity index (χ1v) is 7.06. The van der Waals surface area contributed by atoms with Gasteiger partial charge in [0.05, 0.1) is 4.47 Å². The maximum absolute atomic E-state index is 13.0. The Morgan fingerprint density at radius 2 is 1.90 bits per heavy atom. The standard InChI is InChI=1S/C15H11BrClFO2/c1-9(15(19)10-2-4-11(17)5-3-10)20-14-7-6-12(18)8-13(14)16/h2-9H,1H3. The molecule has 0 amide bonds. The predicted molar refractivity (Wildman–Crippen MR) is 80.0 cm³/mol. The highest BCUT2D eigenvalue weighted by atomic mass is 79.9. The quantitative estimate of drug-likeness (QED) is 0.728. The largest absolute Gasteiger partial charge is 0.481 e. The van der Waals surface area contributed by atoms with Crippen LogP contribution in [0.3, 0.4) is 0 Å². The van der Waals surface area contributed by atoms with Crippen LogP contribution in [0.25, 0.3) is 0 Å². The highest BCUT2D eigenvalue weighted by Crippen LogP contribution is 2.27.